The predicted molar refractivity (Wildman–Crippen MR) is 129 cm³/mol. The SMILES string of the molecule is CC(C)c1ccccc1Oc1coc2cc(OCC(=O)Nc3cccc(Cl)c3)ccc2c1=O. The number of fused-ring (bicyclic) bond motifs is 1. The van der Waals surface area contributed by atoms with Gasteiger partial charge < -0.3 is 19.2 Å². The highest BCUT2D eigenvalue weighted by atomic mass is 35.5. The number of hydrogen-bond donors (Lipinski definition) is 1. The number of ether oxygens (including phenoxy) is 2. The molecule has 0 unspecified atom stereocenters. The van der Waals surface area contributed by atoms with Crippen LogP contribution in [0.1, 0.15) is 25.3 Å². The third kappa shape index (κ3) is 5.35. The third-order valence-electron chi connectivity index (χ3n) is 4.95. The zero-order valence-electron chi connectivity index (χ0n) is 18.1. The summed E-state index contributed by atoms with van der Waals surface area (Å²) in [4.78, 5) is 25.1. The van der Waals surface area contributed by atoms with Gasteiger partial charge in [-0.2, -0.15) is 0 Å². The van der Waals surface area contributed by atoms with Gasteiger partial charge in [-0.15, -0.1) is 0 Å². The number of amides is 1. The molecule has 0 aliphatic rings. The molecule has 4 rings (SSSR count). The van der Waals surface area contributed by atoms with E-state index in [1.54, 1.807) is 42.5 Å². The lowest BCUT2D eigenvalue weighted by Gasteiger charge is -2.13. The van der Waals surface area contributed by atoms with Gasteiger partial charge in [-0.25, -0.2) is 0 Å². The largest absolute Gasteiger partial charge is 0.484 e. The quantitative estimate of drug-likeness (QED) is 0.344. The Morgan fingerprint density at radius 1 is 1.03 bits per heavy atom. The summed E-state index contributed by atoms with van der Waals surface area (Å²) in [6, 6.07) is 19.2. The summed E-state index contributed by atoms with van der Waals surface area (Å²) >= 11 is 5.92. The highest BCUT2D eigenvalue weighted by Crippen LogP contribution is 2.30. The van der Waals surface area contributed by atoms with Gasteiger partial charge in [0.25, 0.3) is 5.91 Å². The van der Waals surface area contributed by atoms with Gasteiger partial charge in [-0.1, -0.05) is 49.7 Å². The Hall–Kier alpha value is -3.77. The van der Waals surface area contributed by atoms with Gasteiger partial charge in [-0.05, 0) is 47.9 Å². The van der Waals surface area contributed by atoms with Crippen molar-refractivity contribution in [2.45, 2.75) is 19.8 Å². The molecule has 0 spiro atoms. The van der Waals surface area contributed by atoms with Gasteiger partial charge in [0, 0.05) is 16.8 Å². The van der Waals surface area contributed by atoms with E-state index in [4.69, 9.17) is 25.5 Å². The molecule has 3 aromatic carbocycles. The van der Waals surface area contributed by atoms with E-state index >= 15 is 0 Å². The summed E-state index contributed by atoms with van der Waals surface area (Å²) in [5.41, 5.74) is 1.61. The van der Waals surface area contributed by atoms with Crippen LogP contribution in [0.4, 0.5) is 5.69 Å². The summed E-state index contributed by atoms with van der Waals surface area (Å²) in [7, 11) is 0. The van der Waals surface area contributed by atoms with Crippen molar-refractivity contribution in [3.8, 4) is 17.2 Å². The Kier molecular flexibility index (Phi) is 6.66. The molecular weight excluding hydrogens is 442 g/mol. The summed E-state index contributed by atoms with van der Waals surface area (Å²) in [5, 5.41) is 3.58. The first kappa shape index (κ1) is 22.4. The smallest absolute Gasteiger partial charge is 0.262 e. The van der Waals surface area contributed by atoms with E-state index in [-0.39, 0.29) is 29.6 Å². The Labute approximate surface area is 195 Å². The van der Waals surface area contributed by atoms with Crippen LogP contribution in [0.25, 0.3) is 11.0 Å². The monoisotopic (exact) mass is 463 g/mol. The second-order valence-electron chi connectivity index (χ2n) is 7.73. The van der Waals surface area contributed by atoms with Gasteiger partial charge >= 0.3 is 0 Å². The molecule has 0 bridgehead atoms. The minimum absolute atomic E-state index is 0.102. The summed E-state index contributed by atoms with van der Waals surface area (Å²) in [5.74, 6) is 1.01. The number of nitrogens with one attached hydrogen (secondary N) is 1. The third-order valence-corrected chi connectivity index (χ3v) is 5.19. The Morgan fingerprint density at radius 2 is 1.85 bits per heavy atom. The van der Waals surface area contributed by atoms with E-state index in [2.05, 4.69) is 19.2 Å². The molecule has 7 heteroatoms. The molecule has 6 nitrogen and oxygen atoms in total. The van der Waals surface area contributed by atoms with Crippen LogP contribution < -0.4 is 20.2 Å². The van der Waals surface area contributed by atoms with Crippen LogP contribution in [0.2, 0.25) is 5.02 Å². The van der Waals surface area contributed by atoms with E-state index in [9.17, 15) is 9.59 Å². The second-order valence-corrected chi connectivity index (χ2v) is 8.17. The predicted octanol–water partition coefficient (Wildman–Crippen LogP) is 6.38. The van der Waals surface area contributed by atoms with Crippen LogP contribution in [0.15, 0.2) is 82.2 Å². The minimum Gasteiger partial charge on any atom is -0.484 e. The van der Waals surface area contributed by atoms with Crippen molar-refractivity contribution in [3.63, 3.8) is 0 Å². The number of carbonyl (C=O) groups excluding carboxylic acids is 1. The second kappa shape index (κ2) is 9.79. The number of para-hydroxylation sites is 1. The zero-order chi connectivity index (χ0) is 23.4. The minimum atomic E-state index is -0.341. The molecule has 1 aromatic heterocycles. The molecule has 0 atom stereocenters. The van der Waals surface area contributed by atoms with E-state index in [0.29, 0.717) is 33.2 Å². The molecule has 1 amide bonds. The zero-order valence-corrected chi connectivity index (χ0v) is 18.9. The molecule has 0 radical (unpaired) electrons. The van der Waals surface area contributed by atoms with E-state index < -0.39 is 0 Å². The fourth-order valence-corrected chi connectivity index (χ4v) is 3.52. The fraction of sp³-hybridized carbons (Fsp3) is 0.154. The van der Waals surface area contributed by atoms with Crippen molar-refractivity contribution >= 4 is 34.2 Å². The molecule has 1 N–H and O–H groups in total. The molecule has 1 heterocycles. The number of anilines is 1. The molecule has 168 valence electrons. The first-order valence-corrected chi connectivity index (χ1v) is 10.8. The maximum absolute atomic E-state index is 12.9. The molecule has 0 saturated carbocycles. The molecule has 33 heavy (non-hydrogen) atoms. The lowest BCUT2D eigenvalue weighted by atomic mass is 10.0. The van der Waals surface area contributed by atoms with Crippen LogP contribution in [-0.4, -0.2) is 12.5 Å². The van der Waals surface area contributed by atoms with Crippen molar-refractivity contribution in [1.29, 1.82) is 0 Å². The number of rotatable bonds is 7. The van der Waals surface area contributed by atoms with Crippen LogP contribution in [0, 0.1) is 0 Å². The van der Waals surface area contributed by atoms with Gasteiger partial charge in [-0.3, -0.25) is 9.59 Å². The Balaban J connectivity index is 1.48. The maximum Gasteiger partial charge on any atom is 0.262 e. The van der Waals surface area contributed by atoms with Crippen LogP contribution in [0.3, 0.4) is 0 Å². The fourth-order valence-electron chi connectivity index (χ4n) is 3.33. The topological polar surface area (TPSA) is 77.8 Å². The van der Waals surface area contributed by atoms with E-state index in [1.807, 2.05) is 24.3 Å². The van der Waals surface area contributed by atoms with Crippen molar-refractivity contribution in [2.24, 2.45) is 0 Å². The highest BCUT2D eigenvalue weighted by Gasteiger charge is 2.14. The standard InChI is InChI=1S/C26H22ClNO5/c1-16(2)20-8-3-4-9-22(20)33-24-14-32-23-13-19(10-11-21(23)26(24)30)31-15-25(29)28-18-7-5-6-17(27)12-18/h3-14,16H,15H2,1-2H3,(H,28,29). The average Bonchev–Trinajstić information content (AvgIpc) is 2.80. The lowest BCUT2D eigenvalue weighted by Crippen LogP contribution is -2.20. The van der Waals surface area contributed by atoms with Gasteiger partial charge in [0.1, 0.15) is 23.3 Å². The van der Waals surface area contributed by atoms with Crippen molar-refractivity contribution < 1.29 is 18.7 Å². The molecule has 0 aliphatic carbocycles. The van der Waals surface area contributed by atoms with Crippen molar-refractivity contribution in [1.82, 2.24) is 0 Å². The lowest BCUT2D eigenvalue weighted by molar-refractivity contribution is -0.118. The Morgan fingerprint density at radius 3 is 2.64 bits per heavy atom. The summed E-state index contributed by atoms with van der Waals surface area (Å²) in [6.45, 7) is 3.90. The van der Waals surface area contributed by atoms with Gasteiger partial charge in [0.15, 0.2) is 6.61 Å². The highest BCUT2D eigenvalue weighted by molar-refractivity contribution is 6.30. The van der Waals surface area contributed by atoms with Gasteiger partial charge in [0.05, 0.1) is 5.39 Å². The first-order valence-electron chi connectivity index (χ1n) is 10.4. The number of halogens is 1. The molecule has 0 saturated heterocycles. The summed E-state index contributed by atoms with van der Waals surface area (Å²) in [6.07, 6.45) is 1.29. The van der Waals surface area contributed by atoms with Crippen molar-refractivity contribution in [2.75, 3.05) is 11.9 Å². The number of benzene rings is 3. The number of hydrogen-bond acceptors (Lipinski definition) is 5. The van der Waals surface area contributed by atoms with Crippen LogP contribution in [0.5, 0.6) is 17.2 Å². The first-order chi connectivity index (χ1) is 15.9. The van der Waals surface area contributed by atoms with Crippen LogP contribution >= 0.6 is 11.6 Å². The normalized spacial score (nSPS) is 10.9. The molecule has 0 aliphatic heterocycles. The molecular formula is C26H22ClNO5. The van der Waals surface area contributed by atoms with E-state index in [1.165, 1.54) is 6.26 Å². The van der Waals surface area contributed by atoms with Crippen molar-refractivity contribution in [3.05, 3.63) is 93.8 Å². The van der Waals surface area contributed by atoms with E-state index in [0.717, 1.165) is 5.56 Å². The number of carbonyl (C=O) groups is 1. The Bertz CT molecular complexity index is 1360. The molecule has 0 fully saturated rings. The average molecular weight is 464 g/mol. The summed E-state index contributed by atoms with van der Waals surface area (Å²) < 4.78 is 17.1. The molecule has 4 aromatic rings. The van der Waals surface area contributed by atoms with Gasteiger partial charge in [0.2, 0.25) is 11.2 Å². The maximum atomic E-state index is 12.9. The van der Waals surface area contributed by atoms with Crippen LogP contribution in [-0.2, 0) is 4.79 Å².